The molecule has 4 heteroatoms. The summed E-state index contributed by atoms with van der Waals surface area (Å²) < 4.78 is 0.118. The SMILES string of the molecule is O=C1CC2(CCN(CCc3ccccn3)CC2)Sc2ccccc21. The highest BCUT2D eigenvalue weighted by atomic mass is 32.2. The van der Waals surface area contributed by atoms with Crippen LogP contribution in [0.15, 0.2) is 53.6 Å². The minimum Gasteiger partial charge on any atom is -0.303 e. The third-order valence-electron chi connectivity index (χ3n) is 5.17. The zero-order chi connectivity index (χ0) is 16.4. The largest absolute Gasteiger partial charge is 0.303 e. The molecule has 1 aromatic heterocycles. The number of hydrogen-bond donors (Lipinski definition) is 0. The van der Waals surface area contributed by atoms with Gasteiger partial charge in [0.25, 0.3) is 0 Å². The zero-order valence-corrected chi connectivity index (χ0v) is 14.6. The molecule has 0 amide bonds. The standard InChI is InChI=1S/C20H22N2OS/c23-18-15-20(24-19-7-2-1-6-17(18)19)9-13-22(14-10-20)12-8-16-5-3-4-11-21-16/h1-7,11H,8-10,12-15H2. The maximum atomic E-state index is 12.5. The number of nitrogens with zero attached hydrogens (tertiary/aromatic N) is 2. The van der Waals surface area contributed by atoms with E-state index in [0.29, 0.717) is 12.2 Å². The average molecular weight is 338 g/mol. The average Bonchev–Trinajstić information content (AvgIpc) is 2.62. The fraction of sp³-hybridized carbons (Fsp3) is 0.400. The molecule has 0 bridgehead atoms. The Bertz CT molecular complexity index is 723. The Labute approximate surface area is 147 Å². The first kappa shape index (κ1) is 15.9. The number of pyridine rings is 1. The minimum absolute atomic E-state index is 0.118. The number of aromatic nitrogens is 1. The Kier molecular flexibility index (Phi) is 4.42. The first-order chi connectivity index (χ1) is 11.7. The van der Waals surface area contributed by atoms with Crippen molar-refractivity contribution >= 4 is 17.5 Å². The molecule has 1 spiro atoms. The lowest BCUT2D eigenvalue weighted by atomic mass is 9.88. The predicted molar refractivity (Wildman–Crippen MR) is 97.6 cm³/mol. The topological polar surface area (TPSA) is 33.2 Å². The molecular weight excluding hydrogens is 316 g/mol. The van der Waals surface area contributed by atoms with Crippen molar-refractivity contribution in [1.82, 2.24) is 9.88 Å². The van der Waals surface area contributed by atoms with Gasteiger partial charge in [0.05, 0.1) is 0 Å². The summed E-state index contributed by atoms with van der Waals surface area (Å²) in [7, 11) is 0. The molecule has 2 aliphatic heterocycles. The molecule has 3 nitrogen and oxygen atoms in total. The van der Waals surface area contributed by atoms with Crippen molar-refractivity contribution in [3.8, 4) is 0 Å². The Morgan fingerprint density at radius 3 is 2.67 bits per heavy atom. The van der Waals surface area contributed by atoms with Crippen LogP contribution in [0.2, 0.25) is 0 Å². The lowest BCUT2D eigenvalue weighted by Gasteiger charge is -2.43. The van der Waals surface area contributed by atoms with Crippen molar-refractivity contribution < 1.29 is 4.79 Å². The third-order valence-corrected chi connectivity index (χ3v) is 6.74. The summed E-state index contributed by atoms with van der Waals surface area (Å²) in [6.07, 6.45) is 5.76. The maximum Gasteiger partial charge on any atom is 0.165 e. The van der Waals surface area contributed by atoms with Gasteiger partial charge < -0.3 is 4.90 Å². The summed E-state index contributed by atoms with van der Waals surface area (Å²) in [4.78, 5) is 20.6. The Balaban J connectivity index is 1.37. The lowest BCUT2D eigenvalue weighted by Crippen LogP contribution is -2.45. The van der Waals surface area contributed by atoms with Crippen molar-refractivity contribution in [3.05, 3.63) is 59.9 Å². The van der Waals surface area contributed by atoms with Crippen LogP contribution in [0.3, 0.4) is 0 Å². The Morgan fingerprint density at radius 1 is 1.08 bits per heavy atom. The van der Waals surface area contributed by atoms with Gasteiger partial charge in [-0.1, -0.05) is 24.3 Å². The van der Waals surface area contributed by atoms with Gasteiger partial charge in [-0.05, 0) is 44.1 Å². The highest BCUT2D eigenvalue weighted by Gasteiger charge is 2.41. The van der Waals surface area contributed by atoms with E-state index in [0.717, 1.165) is 50.2 Å². The smallest absolute Gasteiger partial charge is 0.165 e. The number of rotatable bonds is 3. The number of carbonyl (C=O) groups is 1. The van der Waals surface area contributed by atoms with Crippen LogP contribution in [-0.2, 0) is 6.42 Å². The number of carbonyl (C=O) groups excluding carboxylic acids is 1. The summed E-state index contributed by atoms with van der Waals surface area (Å²) >= 11 is 1.94. The zero-order valence-electron chi connectivity index (χ0n) is 13.8. The van der Waals surface area contributed by atoms with Crippen LogP contribution in [-0.4, -0.2) is 40.0 Å². The highest BCUT2D eigenvalue weighted by molar-refractivity contribution is 8.01. The van der Waals surface area contributed by atoms with Crippen molar-refractivity contribution in [2.75, 3.05) is 19.6 Å². The second kappa shape index (κ2) is 6.69. The summed E-state index contributed by atoms with van der Waals surface area (Å²) in [6, 6.07) is 14.2. The van der Waals surface area contributed by atoms with Crippen LogP contribution in [0.25, 0.3) is 0 Å². The molecule has 1 fully saturated rings. The number of Topliss-reactive ketones (excluding diaryl/α,β-unsaturated/α-hetero) is 1. The number of hydrogen-bond acceptors (Lipinski definition) is 4. The van der Waals surface area contributed by atoms with E-state index in [1.54, 1.807) is 0 Å². The monoisotopic (exact) mass is 338 g/mol. The van der Waals surface area contributed by atoms with E-state index < -0.39 is 0 Å². The molecule has 124 valence electrons. The van der Waals surface area contributed by atoms with Gasteiger partial charge >= 0.3 is 0 Å². The van der Waals surface area contributed by atoms with Gasteiger partial charge in [-0.3, -0.25) is 9.78 Å². The molecular formula is C20H22N2OS. The second-order valence-electron chi connectivity index (χ2n) is 6.79. The normalized spacial score (nSPS) is 20.1. The van der Waals surface area contributed by atoms with Crippen molar-refractivity contribution in [3.63, 3.8) is 0 Å². The van der Waals surface area contributed by atoms with E-state index in [2.05, 4.69) is 28.1 Å². The summed E-state index contributed by atoms with van der Waals surface area (Å²) in [5, 5.41) is 0. The molecule has 0 saturated carbocycles. The Hall–Kier alpha value is -1.65. The van der Waals surface area contributed by atoms with Gasteiger partial charge in [-0.15, -0.1) is 11.8 Å². The van der Waals surface area contributed by atoms with Gasteiger partial charge in [0.2, 0.25) is 0 Å². The van der Waals surface area contributed by atoms with Gasteiger partial charge in [0.1, 0.15) is 0 Å². The molecule has 1 saturated heterocycles. The molecule has 0 radical (unpaired) electrons. The van der Waals surface area contributed by atoms with Crippen LogP contribution in [0.1, 0.15) is 35.3 Å². The number of thioether (sulfide) groups is 1. The van der Waals surface area contributed by atoms with E-state index in [9.17, 15) is 4.79 Å². The number of likely N-dealkylation sites (tertiary alicyclic amines) is 1. The molecule has 3 heterocycles. The van der Waals surface area contributed by atoms with Gasteiger partial charge in [-0.25, -0.2) is 0 Å². The molecule has 0 atom stereocenters. The van der Waals surface area contributed by atoms with E-state index in [4.69, 9.17) is 0 Å². The molecule has 2 aliphatic rings. The van der Waals surface area contributed by atoms with Gasteiger partial charge in [-0.2, -0.15) is 0 Å². The highest BCUT2D eigenvalue weighted by Crippen LogP contribution is 2.48. The maximum absolute atomic E-state index is 12.5. The number of fused-ring (bicyclic) bond motifs is 1. The summed E-state index contributed by atoms with van der Waals surface area (Å²) in [5.74, 6) is 0.325. The number of piperidine rings is 1. The van der Waals surface area contributed by atoms with Crippen LogP contribution in [0.5, 0.6) is 0 Å². The fourth-order valence-corrected chi connectivity index (χ4v) is 5.22. The molecule has 0 unspecified atom stereocenters. The van der Waals surface area contributed by atoms with Crippen LogP contribution < -0.4 is 0 Å². The molecule has 1 aromatic carbocycles. The molecule has 0 aliphatic carbocycles. The van der Waals surface area contributed by atoms with Crippen molar-refractivity contribution in [1.29, 1.82) is 0 Å². The molecule has 0 N–H and O–H groups in total. The van der Waals surface area contributed by atoms with Crippen molar-refractivity contribution in [2.45, 2.75) is 35.3 Å². The minimum atomic E-state index is 0.118. The van der Waals surface area contributed by atoms with E-state index in [1.807, 2.05) is 42.2 Å². The van der Waals surface area contributed by atoms with Crippen LogP contribution >= 0.6 is 11.8 Å². The molecule has 2 aromatic rings. The predicted octanol–water partition coefficient (Wildman–Crippen LogP) is 3.84. The quantitative estimate of drug-likeness (QED) is 0.851. The third kappa shape index (κ3) is 3.26. The first-order valence-electron chi connectivity index (χ1n) is 8.68. The van der Waals surface area contributed by atoms with Crippen molar-refractivity contribution in [2.24, 2.45) is 0 Å². The summed E-state index contributed by atoms with van der Waals surface area (Å²) in [5.41, 5.74) is 2.08. The second-order valence-corrected chi connectivity index (χ2v) is 8.30. The number of benzene rings is 1. The van der Waals surface area contributed by atoms with Gasteiger partial charge in [0.15, 0.2) is 5.78 Å². The lowest BCUT2D eigenvalue weighted by molar-refractivity contribution is 0.0938. The van der Waals surface area contributed by atoms with E-state index in [-0.39, 0.29) is 4.75 Å². The molecule has 24 heavy (non-hydrogen) atoms. The van der Waals surface area contributed by atoms with Crippen LogP contribution in [0, 0.1) is 0 Å². The first-order valence-corrected chi connectivity index (χ1v) is 9.49. The van der Waals surface area contributed by atoms with E-state index in [1.165, 1.54) is 4.90 Å². The van der Waals surface area contributed by atoms with Gasteiger partial charge in [0, 0.05) is 46.5 Å². The van der Waals surface area contributed by atoms with E-state index >= 15 is 0 Å². The molecule has 4 rings (SSSR count). The number of ketones is 1. The Morgan fingerprint density at radius 2 is 1.88 bits per heavy atom. The summed E-state index contributed by atoms with van der Waals surface area (Å²) in [6.45, 7) is 3.22. The van der Waals surface area contributed by atoms with Crippen LogP contribution in [0.4, 0.5) is 0 Å². The fourth-order valence-electron chi connectivity index (χ4n) is 3.72.